The van der Waals surface area contributed by atoms with Crippen LogP contribution in [0.3, 0.4) is 0 Å². The predicted molar refractivity (Wildman–Crippen MR) is 245 cm³/mol. The van der Waals surface area contributed by atoms with Gasteiger partial charge in [-0.3, -0.25) is 0 Å². The van der Waals surface area contributed by atoms with Gasteiger partial charge >= 0.3 is 0 Å². The fourth-order valence-corrected chi connectivity index (χ4v) is 9.51. The minimum absolute atomic E-state index is 0.584. The van der Waals surface area contributed by atoms with Gasteiger partial charge < -0.3 is 9.97 Å². The van der Waals surface area contributed by atoms with Gasteiger partial charge in [0.1, 0.15) is 22.6 Å². The molecule has 5 heterocycles. The van der Waals surface area contributed by atoms with E-state index >= 15 is 0 Å². The van der Waals surface area contributed by atoms with Crippen LogP contribution in [0.1, 0.15) is 22.3 Å². The van der Waals surface area contributed by atoms with Crippen molar-refractivity contribution in [1.29, 1.82) is 0 Å². The zero-order valence-corrected chi connectivity index (χ0v) is 33.2. The minimum Gasteiger partial charge on any atom is -0.324 e. The van der Waals surface area contributed by atoms with Crippen molar-refractivity contribution < 1.29 is 0 Å². The third-order valence-corrected chi connectivity index (χ3v) is 12.4. The van der Waals surface area contributed by atoms with Crippen LogP contribution in [0.4, 0.5) is 0 Å². The van der Waals surface area contributed by atoms with Gasteiger partial charge in [0.05, 0.1) is 0 Å². The van der Waals surface area contributed by atoms with E-state index in [1.807, 2.05) is 0 Å². The van der Waals surface area contributed by atoms with Gasteiger partial charge in [-0.25, -0.2) is 29.9 Å². The van der Waals surface area contributed by atoms with Gasteiger partial charge in [-0.1, -0.05) is 119 Å². The third-order valence-electron chi connectivity index (χ3n) is 12.4. The van der Waals surface area contributed by atoms with E-state index in [2.05, 4.69) is 159 Å². The number of hydrogen-bond donors (Lipinski definition) is 2. The fraction of sp³-hybridized carbons (Fsp3) is 0.0769. The lowest BCUT2D eigenvalue weighted by Gasteiger charge is -2.06. The highest BCUT2D eigenvalue weighted by Crippen LogP contribution is 2.43. The van der Waals surface area contributed by atoms with Crippen LogP contribution in [0, 0.1) is 27.7 Å². The average molecular weight is 771 g/mol. The second kappa shape index (κ2) is 11.9. The van der Waals surface area contributed by atoms with Crippen molar-refractivity contribution in [2.75, 3.05) is 0 Å². The number of hydrogen-bond acceptors (Lipinski definition) is 6. The summed E-state index contributed by atoms with van der Waals surface area (Å²) >= 11 is 0. The summed E-state index contributed by atoms with van der Waals surface area (Å²) in [5, 5.41) is 12.7. The third kappa shape index (κ3) is 4.73. The maximum absolute atomic E-state index is 5.48. The van der Waals surface area contributed by atoms with Gasteiger partial charge in [0.25, 0.3) is 0 Å². The van der Waals surface area contributed by atoms with Crippen LogP contribution in [0.25, 0.3) is 133 Å². The summed E-state index contributed by atoms with van der Waals surface area (Å²) in [5.74, 6) is 2.35. The maximum atomic E-state index is 5.48. The molecule has 0 unspecified atom stereocenters. The number of fused-ring (bicyclic) bond motifs is 28. The largest absolute Gasteiger partial charge is 0.324 e. The highest BCUT2D eigenvalue weighted by Gasteiger charge is 2.26. The van der Waals surface area contributed by atoms with Gasteiger partial charge in [0.2, 0.25) is 0 Å². The minimum atomic E-state index is 0.584. The molecular formula is C52H34N8. The van der Waals surface area contributed by atoms with E-state index in [1.54, 1.807) is 0 Å². The first-order valence-electron chi connectivity index (χ1n) is 20.3. The Kier molecular flexibility index (Phi) is 6.56. The fourth-order valence-electron chi connectivity index (χ4n) is 9.51. The van der Waals surface area contributed by atoms with Crippen LogP contribution >= 0.6 is 0 Å². The Labute approximate surface area is 342 Å². The monoisotopic (exact) mass is 770 g/mol. The van der Waals surface area contributed by atoms with Crippen LogP contribution in [-0.4, -0.2) is 39.9 Å². The first-order valence-corrected chi connectivity index (χ1v) is 20.3. The lowest BCUT2D eigenvalue weighted by atomic mass is 9.98. The molecule has 0 saturated heterocycles. The second-order valence-corrected chi connectivity index (χ2v) is 16.5. The van der Waals surface area contributed by atoms with Crippen LogP contribution in [-0.2, 0) is 0 Å². The van der Waals surface area contributed by atoms with Crippen LogP contribution in [0.15, 0.2) is 121 Å². The molecule has 8 heteroatoms. The van der Waals surface area contributed by atoms with Crippen LogP contribution in [0.2, 0.25) is 0 Å². The summed E-state index contributed by atoms with van der Waals surface area (Å²) in [5.41, 5.74) is 11.1. The molecule has 8 bridgehead atoms. The standard InChI is InChI=1S/C52H34N8/c1-25-5-9-29-13-17-33-41(37(29)21-25)49-55-45(33)53-46-35-19-15-31-11-7-27(3)23-39(31)43(35)51(57-46)60-52-44-36(20-16-32-12-8-28(4)24-40(32)44)48(58-52)54-47-34-18-14-30-10-6-26(2)22-38(30)42(34)50(56-47)59-49/h5-24H,1-4H3,(H2,53,54,55,56,57,58,59,60). The Morgan fingerprint density at radius 2 is 0.633 bits per heavy atom. The van der Waals surface area contributed by atoms with E-state index in [1.165, 1.54) is 0 Å². The van der Waals surface area contributed by atoms with E-state index in [-0.39, 0.29) is 0 Å². The molecule has 0 spiro atoms. The average Bonchev–Trinajstić information content (AvgIpc) is 3.99. The van der Waals surface area contributed by atoms with Gasteiger partial charge in [0, 0.05) is 43.8 Å². The molecule has 0 saturated carbocycles. The van der Waals surface area contributed by atoms with E-state index in [4.69, 9.17) is 29.9 Å². The van der Waals surface area contributed by atoms with Gasteiger partial charge in [0.15, 0.2) is 23.3 Å². The van der Waals surface area contributed by atoms with Crippen molar-refractivity contribution in [1.82, 2.24) is 39.9 Å². The quantitative estimate of drug-likeness (QED) is 0.159. The molecule has 0 radical (unpaired) electrons. The zero-order valence-electron chi connectivity index (χ0n) is 33.2. The van der Waals surface area contributed by atoms with E-state index < -0.39 is 0 Å². The first-order chi connectivity index (χ1) is 29.3. The Morgan fingerprint density at radius 3 is 1.05 bits per heavy atom. The number of nitrogens with zero attached hydrogens (tertiary/aromatic N) is 6. The molecule has 8 aromatic carbocycles. The Hall–Kier alpha value is -7.84. The maximum Gasteiger partial charge on any atom is 0.165 e. The summed E-state index contributed by atoms with van der Waals surface area (Å²) in [6.45, 7) is 8.49. The number of aromatic nitrogens is 8. The Bertz CT molecular complexity index is 3690. The number of aromatic amines is 2. The van der Waals surface area contributed by atoms with Gasteiger partial charge in [-0.05, 0) is 95.1 Å². The molecule has 2 aliphatic rings. The predicted octanol–water partition coefficient (Wildman–Crippen LogP) is 12.7. The van der Waals surface area contributed by atoms with E-state index in [0.29, 0.717) is 45.9 Å². The molecule has 0 atom stereocenters. The molecule has 0 aliphatic carbocycles. The first kappa shape index (κ1) is 33.2. The summed E-state index contributed by atoms with van der Waals surface area (Å²) in [6.07, 6.45) is 0. The zero-order chi connectivity index (χ0) is 40.0. The lowest BCUT2D eigenvalue weighted by molar-refractivity contribution is 1.19. The molecule has 13 rings (SSSR count). The molecule has 282 valence electrons. The van der Waals surface area contributed by atoms with Gasteiger partial charge in [-0.2, -0.15) is 0 Å². The lowest BCUT2D eigenvalue weighted by Crippen LogP contribution is -1.86. The molecule has 3 aromatic heterocycles. The number of nitrogens with one attached hydrogen (secondary N) is 2. The summed E-state index contributed by atoms with van der Waals surface area (Å²) in [4.78, 5) is 39.7. The smallest absolute Gasteiger partial charge is 0.165 e. The SMILES string of the molecule is Cc1ccc2ccc3c(c2c1)-c1nc-3nc2[nH]c(nc3nc(nc4[nH]c(n1)c1c5cc(C)ccc5ccc41)-c1ccc4ccc(C)cc4c1-3)c1c3cc(C)ccc3ccc21. The molecule has 2 aliphatic heterocycles. The number of benzene rings is 8. The van der Waals surface area contributed by atoms with Crippen molar-refractivity contribution in [3.63, 3.8) is 0 Å². The summed E-state index contributed by atoms with van der Waals surface area (Å²) in [6, 6.07) is 43.3. The normalized spacial score (nSPS) is 12.3. The van der Waals surface area contributed by atoms with E-state index in [9.17, 15) is 0 Å². The number of H-pyrrole nitrogens is 2. The number of rotatable bonds is 0. The van der Waals surface area contributed by atoms with Crippen LogP contribution < -0.4 is 0 Å². The number of aryl methyl sites for hydroxylation is 4. The molecular weight excluding hydrogens is 737 g/mol. The van der Waals surface area contributed by atoms with Crippen molar-refractivity contribution in [2.24, 2.45) is 0 Å². The summed E-state index contributed by atoms with van der Waals surface area (Å²) in [7, 11) is 0. The topological polar surface area (TPSA) is 109 Å². The molecule has 2 N–H and O–H groups in total. The van der Waals surface area contributed by atoms with Gasteiger partial charge in [-0.15, -0.1) is 0 Å². The molecule has 11 aromatic rings. The molecule has 0 fully saturated rings. The molecule has 60 heavy (non-hydrogen) atoms. The highest BCUT2D eigenvalue weighted by molar-refractivity contribution is 6.21. The molecule has 0 amide bonds. The van der Waals surface area contributed by atoms with Crippen molar-refractivity contribution in [2.45, 2.75) is 27.7 Å². The van der Waals surface area contributed by atoms with E-state index in [0.717, 1.165) is 109 Å². The Morgan fingerprint density at radius 1 is 0.300 bits per heavy atom. The summed E-state index contributed by atoms with van der Waals surface area (Å²) < 4.78 is 0. The van der Waals surface area contributed by atoms with Crippen molar-refractivity contribution >= 4 is 87.2 Å². The second-order valence-electron chi connectivity index (χ2n) is 16.5. The van der Waals surface area contributed by atoms with Crippen molar-refractivity contribution in [3.05, 3.63) is 144 Å². The van der Waals surface area contributed by atoms with Crippen molar-refractivity contribution in [3.8, 4) is 45.6 Å². The highest BCUT2D eigenvalue weighted by atomic mass is 15.1. The molecule has 8 nitrogen and oxygen atoms in total. The van der Waals surface area contributed by atoms with Crippen LogP contribution in [0.5, 0.6) is 0 Å². The Balaban J connectivity index is 1.27.